The highest BCUT2D eigenvalue weighted by Crippen LogP contribution is 2.24. The molecule has 1 aromatic heterocycles. The molecule has 6 heteroatoms. The van der Waals surface area contributed by atoms with Crippen LogP contribution in [0.2, 0.25) is 0 Å². The van der Waals surface area contributed by atoms with Crippen LogP contribution < -0.4 is 5.73 Å². The Balaban J connectivity index is 1.57. The van der Waals surface area contributed by atoms with E-state index in [1.165, 1.54) is 56.7 Å². The highest BCUT2D eigenvalue weighted by molar-refractivity contribution is 8.01. The van der Waals surface area contributed by atoms with Gasteiger partial charge in [0.05, 0.1) is 0 Å². The van der Waals surface area contributed by atoms with E-state index in [0.717, 1.165) is 10.1 Å². The maximum absolute atomic E-state index is 5.52. The summed E-state index contributed by atoms with van der Waals surface area (Å²) in [6.07, 6.45) is 5.39. The van der Waals surface area contributed by atoms with Gasteiger partial charge in [-0.2, -0.15) is 0 Å². The molecule has 0 atom stereocenters. The molecule has 1 aliphatic heterocycles. The minimum Gasteiger partial charge on any atom is -0.374 e. The van der Waals surface area contributed by atoms with Gasteiger partial charge in [-0.15, -0.1) is 10.2 Å². The van der Waals surface area contributed by atoms with Crippen LogP contribution in [0.25, 0.3) is 0 Å². The average molecular weight is 258 g/mol. The van der Waals surface area contributed by atoms with Crippen molar-refractivity contribution in [2.45, 2.75) is 30.0 Å². The highest BCUT2D eigenvalue weighted by Gasteiger charge is 2.09. The summed E-state index contributed by atoms with van der Waals surface area (Å²) in [4.78, 5) is 2.57. The van der Waals surface area contributed by atoms with E-state index in [0.29, 0.717) is 5.13 Å². The molecule has 2 N–H and O–H groups in total. The zero-order chi connectivity index (χ0) is 11.2. The molecule has 1 fully saturated rings. The molecule has 0 spiro atoms. The predicted octanol–water partition coefficient (Wildman–Crippen LogP) is 2.09. The summed E-state index contributed by atoms with van der Waals surface area (Å²) in [6, 6.07) is 0. The van der Waals surface area contributed by atoms with Gasteiger partial charge >= 0.3 is 0 Å². The van der Waals surface area contributed by atoms with Crippen LogP contribution >= 0.6 is 23.1 Å². The van der Waals surface area contributed by atoms with Crippen LogP contribution in [-0.4, -0.2) is 40.5 Å². The number of nitrogen functional groups attached to an aromatic ring is 1. The lowest BCUT2D eigenvalue weighted by Crippen LogP contribution is -2.30. The number of thioether (sulfide) groups is 1. The van der Waals surface area contributed by atoms with E-state index < -0.39 is 0 Å². The summed E-state index contributed by atoms with van der Waals surface area (Å²) >= 11 is 3.25. The van der Waals surface area contributed by atoms with Crippen molar-refractivity contribution in [3.8, 4) is 0 Å². The molecular formula is C10H18N4S2. The molecule has 0 amide bonds. The lowest BCUT2D eigenvalue weighted by atomic mass is 10.1. The molecule has 0 aromatic carbocycles. The molecule has 4 nitrogen and oxygen atoms in total. The summed E-state index contributed by atoms with van der Waals surface area (Å²) in [5.74, 6) is 1.12. The second-order valence-corrected chi connectivity index (χ2v) is 6.36. The molecule has 0 bridgehead atoms. The minimum absolute atomic E-state index is 0.568. The Morgan fingerprint density at radius 2 is 2.06 bits per heavy atom. The van der Waals surface area contributed by atoms with E-state index in [-0.39, 0.29) is 0 Å². The SMILES string of the molecule is Nc1nnc(SCCCN2CCCCC2)s1. The van der Waals surface area contributed by atoms with E-state index in [1.54, 1.807) is 11.8 Å². The van der Waals surface area contributed by atoms with Crippen LogP contribution in [0.15, 0.2) is 4.34 Å². The molecule has 16 heavy (non-hydrogen) atoms. The monoisotopic (exact) mass is 258 g/mol. The molecule has 90 valence electrons. The van der Waals surface area contributed by atoms with Crippen LogP contribution in [0, 0.1) is 0 Å². The normalized spacial score (nSPS) is 17.8. The molecule has 0 saturated carbocycles. The van der Waals surface area contributed by atoms with Gasteiger partial charge in [-0.05, 0) is 38.9 Å². The zero-order valence-electron chi connectivity index (χ0n) is 9.39. The number of hydrogen-bond donors (Lipinski definition) is 1. The first-order chi connectivity index (χ1) is 7.84. The number of aromatic nitrogens is 2. The Hall–Kier alpha value is -0.330. The lowest BCUT2D eigenvalue weighted by molar-refractivity contribution is 0.230. The van der Waals surface area contributed by atoms with Crippen LogP contribution in [0.3, 0.4) is 0 Å². The van der Waals surface area contributed by atoms with E-state index in [9.17, 15) is 0 Å². The summed E-state index contributed by atoms with van der Waals surface area (Å²) in [7, 11) is 0. The third-order valence-corrected chi connectivity index (χ3v) is 4.69. The van der Waals surface area contributed by atoms with Gasteiger partial charge in [0.25, 0.3) is 0 Å². The third-order valence-electron chi connectivity index (χ3n) is 2.71. The fraction of sp³-hybridized carbons (Fsp3) is 0.800. The van der Waals surface area contributed by atoms with Crippen molar-refractivity contribution in [3.63, 3.8) is 0 Å². The van der Waals surface area contributed by atoms with Gasteiger partial charge in [0, 0.05) is 5.75 Å². The highest BCUT2D eigenvalue weighted by atomic mass is 32.2. The van der Waals surface area contributed by atoms with Gasteiger partial charge < -0.3 is 10.6 Å². The molecule has 1 saturated heterocycles. The minimum atomic E-state index is 0.568. The van der Waals surface area contributed by atoms with E-state index in [1.807, 2.05) is 0 Å². The van der Waals surface area contributed by atoms with Gasteiger partial charge in [0.15, 0.2) is 4.34 Å². The second-order valence-electron chi connectivity index (χ2n) is 4.01. The van der Waals surface area contributed by atoms with Crippen molar-refractivity contribution in [1.29, 1.82) is 0 Å². The Bertz CT molecular complexity index is 310. The molecule has 1 aliphatic rings. The number of nitrogens with zero attached hydrogens (tertiary/aromatic N) is 3. The first-order valence-electron chi connectivity index (χ1n) is 5.79. The zero-order valence-corrected chi connectivity index (χ0v) is 11.0. The van der Waals surface area contributed by atoms with Gasteiger partial charge in [0.2, 0.25) is 5.13 Å². The Morgan fingerprint density at radius 3 is 2.75 bits per heavy atom. The maximum Gasteiger partial charge on any atom is 0.203 e. The molecule has 2 heterocycles. The molecule has 0 aliphatic carbocycles. The summed E-state index contributed by atoms with van der Waals surface area (Å²) in [5.41, 5.74) is 5.52. The van der Waals surface area contributed by atoms with Crippen molar-refractivity contribution >= 4 is 28.2 Å². The Morgan fingerprint density at radius 1 is 1.25 bits per heavy atom. The first-order valence-corrected chi connectivity index (χ1v) is 7.59. The van der Waals surface area contributed by atoms with Crippen molar-refractivity contribution in [1.82, 2.24) is 15.1 Å². The number of rotatable bonds is 5. The Kier molecular flexibility index (Phi) is 4.87. The summed E-state index contributed by atoms with van der Waals surface area (Å²) in [5, 5.41) is 8.36. The van der Waals surface area contributed by atoms with E-state index in [2.05, 4.69) is 15.1 Å². The number of piperidine rings is 1. The van der Waals surface area contributed by atoms with Crippen molar-refractivity contribution in [2.75, 3.05) is 31.1 Å². The predicted molar refractivity (Wildman–Crippen MR) is 70.0 cm³/mol. The fourth-order valence-corrected chi connectivity index (χ4v) is 3.54. The quantitative estimate of drug-likeness (QED) is 0.647. The Labute approximate surface area is 105 Å². The van der Waals surface area contributed by atoms with Crippen molar-refractivity contribution in [3.05, 3.63) is 0 Å². The molecular weight excluding hydrogens is 240 g/mol. The van der Waals surface area contributed by atoms with Crippen LogP contribution in [0.1, 0.15) is 25.7 Å². The summed E-state index contributed by atoms with van der Waals surface area (Å²) in [6.45, 7) is 3.80. The van der Waals surface area contributed by atoms with E-state index in [4.69, 9.17) is 5.73 Å². The van der Waals surface area contributed by atoms with E-state index >= 15 is 0 Å². The molecule has 2 rings (SSSR count). The van der Waals surface area contributed by atoms with Crippen molar-refractivity contribution in [2.24, 2.45) is 0 Å². The molecule has 1 aromatic rings. The number of anilines is 1. The topological polar surface area (TPSA) is 55.0 Å². The van der Waals surface area contributed by atoms with Crippen LogP contribution in [-0.2, 0) is 0 Å². The number of likely N-dealkylation sites (tertiary alicyclic amines) is 1. The summed E-state index contributed by atoms with van der Waals surface area (Å²) < 4.78 is 0.996. The largest absolute Gasteiger partial charge is 0.374 e. The van der Waals surface area contributed by atoms with Gasteiger partial charge in [-0.25, -0.2) is 0 Å². The van der Waals surface area contributed by atoms with Crippen LogP contribution in [0.5, 0.6) is 0 Å². The second kappa shape index (κ2) is 6.42. The average Bonchev–Trinajstić information content (AvgIpc) is 2.72. The van der Waals surface area contributed by atoms with Gasteiger partial charge in [-0.3, -0.25) is 0 Å². The lowest BCUT2D eigenvalue weighted by Gasteiger charge is -2.26. The van der Waals surface area contributed by atoms with Crippen molar-refractivity contribution < 1.29 is 0 Å². The van der Waals surface area contributed by atoms with Gasteiger partial charge in [-0.1, -0.05) is 29.5 Å². The maximum atomic E-state index is 5.52. The third kappa shape index (κ3) is 3.92. The first kappa shape index (κ1) is 12.1. The standard InChI is InChI=1S/C10H18N4S2/c11-9-12-13-10(16-9)15-8-4-7-14-5-2-1-3-6-14/h1-8H2,(H2,11,12). The molecule has 0 unspecified atom stereocenters. The smallest absolute Gasteiger partial charge is 0.203 e. The number of hydrogen-bond acceptors (Lipinski definition) is 6. The fourth-order valence-electron chi connectivity index (χ4n) is 1.91. The number of nitrogens with two attached hydrogens (primary N) is 1. The molecule has 0 radical (unpaired) electrons. The van der Waals surface area contributed by atoms with Gasteiger partial charge in [0.1, 0.15) is 0 Å². The van der Waals surface area contributed by atoms with Crippen LogP contribution in [0.4, 0.5) is 5.13 Å².